The van der Waals surface area contributed by atoms with Crippen molar-refractivity contribution in [3.8, 4) is 0 Å². The van der Waals surface area contributed by atoms with Crippen LogP contribution in [0.25, 0.3) is 0 Å². The van der Waals surface area contributed by atoms with Gasteiger partial charge >= 0.3 is 0 Å². The molecule has 0 bridgehead atoms. The predicted molar refractivity (Wildman–Crippen MR) is 78.2 cm³/mol. The molecule has 0 aliphatic carbocycles. The van der Waals surface area contributed by atoms with Crippen LogP contribution in [0.1, 0.15) is 22.3 Å². The summed E-state index contributed by atoms with van der Waals surface area (Å²) in [4.78, 5) is 12.0. The van der Waals surface area contributed by atoms with Crippen LogP contribution < -0.4 is 0 Å². The van der Waals surface area contributed by atoms with Crippen molar-refractivity contribution in [2.75, 3.05) is 0 Å². The molecule has 0 radical (unpaired) electrons. The summed E-state index contributed by atoms with van der Waals surface area (Å²) >= 11 is 9.58. The van der Waals surface area contributed by atoms with Gasteiger partial charge in [-0.1, -0.05) is 63.9 Å². The Bertz CT molecular complexity index is 531. The quantitative estimate of drug-likeness (QED) is 0.730. The van der Waals surface area contributed by atoms with Crippen LogP contribution in [0.3, 0.4) is 0 Å². The van der Waals surface area contributed by atoms with Gasteiger partial charge in [0, 0.05) is 21.5 Å². The van der Waals surface area contributed by atoms with Gasteiger partial charge in [0.05, 0.1) is 0 Å². The second-order valence-electron chi connectivity index (χ2n) is 3.99. The van der Waals surface area contributed by atoms with Crippen LogP contribution in [0.2, 0.25) is 5.02 Å². The van der Waals surface area contributed by atoms with E-state index < -0.39 is 0 Å². The summed E-state index contributed by atoms with van der Waals surface area (Å²) in [5.41, 5.74) is 1.74. The van der Waals surface area contributed by atoms with Crippen molar-refractivity contribution < 1.29 is 4.79 Å². The van der Waals surface area contributed by atoms with E-state index in [4.69, 9.17) is 11.6 Å². The fourth-order valence-corrected chi connectivity index (χ4v) is 2.73. The average molecular weight is 324 g/mol. The molecule has 0 heterocycles. The topological polar surface area (TPSA) is 17.1 Å². The second-order valence-corrected chi connectivity index (χ2v) is 5.25. The minimum atomic E-state index is 0.141. The third-order valence-electron chi connectivity index (χ3n) is 2.76. The van der Waals surface area contributed by atoms with Crippen LogP contribution in [-0.2, 0) is 6.42 Å². The van der Waals surface area contributed by atoms with E-state index in [1.54, 1.807) is 0 Å². The number of hydrogen-bond donors (Lipinski definition) is 0. The molecule has 2 aromatic carbocycles. The maximum Gasteiger partial charge on any atom is 0.163 e. The van der Waals surface area contributed by atoms with Crippen molar-refractivity contribution in [1.29, 1.82) is 0 Å². The van der Waals surface area contributed by atoms with Crippen LogP contribution >= 0.6 is 27.5 Å². The van der Waals surface area contributed by atoms with Gasteiger partial charge in [0.25, 0.3) is 0 Å². The smallest absolute Gasteiger partial charge is 0.163 e. The first-order chi connectivity index (χ1) is 8.68. The lowest BCUT2D eigenvalue weighted by Crippen LogP contribution is -2.01. The Morgan fingerprint density at radius 2 is 1.78 bits per heavy atom. The third kappa shape index (κ3) is 3.21. The Balaban J connectivity index is 2.07. The number of carbonyl (C=O) groups excluding carboxylic acids is 1. The van der Waals surface area contributed by atoms with Gasteiger partial charge in [0.1, 0.15) is 0 Å². The van der Waals surface area contributed by atoms with Gasteiger partial charge in [-0.05, 0) is 24.1 Å². The van der Waals surface area contributed by atoms with E-state index in [0.29, 0.717) is 17.9 Å². The highest BCUT2D eigenvalue weighted by molar-refractivity contribution is 9.10. The second kappa shape index (κ2) is 6.17. The van der Waals surface area contributed by atoms with Crippen molar-refractivity contribution in [2.45, 2.75) is 12.8 Å². The maximum absolute atomic E-state index is 12.0. The van der Waals surface area contributed by atoms with E-state index in [2.05, 4.69) is 15.9 Å². The zero-order valence-corrected chi connectivity index (χ0v) is 12.0. The molecule has 1 nitrogen and oxygen atoms in total. The van der Waals surface area contributed by atoms with Crippen molar-refractivity contribution in [3.63, 3.8) is 0 Å². The van der Waals surface area contributed by atoms with E-state index in [0.717, 1.165) is 15.6 Å². The number of rotatable bonds is 4. The number of hydrogen-bond acceptors (Lipinski definition) is 1. The van der Waals surface area contributed by atoms with E-state index in [1.165, 1.54) is 0 Å². The summed E-state index contributed by atoms with van der Waals surface area (Å²) in [6, 6.07) is 15.0. The Hall–Kier alpha value is -1.12. The molecule has 0 fully saturated rings. The Kier molecular flexibility index (Phi) is 4.56. The molecule has 2 aromatic rings. The van der Waals surface area contributed by atoms with Gasteiger partial charge in [-0.2, -0.15) is 0 Å². The van der Waals surface area contributed by atoms with Crippen molar-refractivity contribution >= 4 is 33.3 Å². The molecule has 0 N–H and O–H groups in total. The lowest BCUT2D eigenvalue weighted by molar-refractivity contribution is 0.0983. The normalized spacial score (nSPS) is 10.3. The van der Waals surface area contributed by atoms with Gasteiger partial charge in [-0.3, -0.25) is 4.79 Å². The molecule has 0 spiro atoms. The lowest BCUT2D eigenvalue weighted by Gasteiger charge is -2.06. The Morgan fingerprint density at radius 3 is 2.44 bits per heavy atom. The van der Waals surface area contributed by atoms with E-state index >= 15 is 0 Å². The molecular weight excluding hydrogens is 312 g/mol. The average Bonchev–Trinajstić information content (AvgIpc) is 2.39. The molecule has 0 saturated carbocycles. The molecule has 0 aromatic heterocycles. The molecule has 0 saturated heterocycles. The van der Waals surface area contributed by atoms with Crippen molar-refractivity contribution in [3.05, 3.63) is 69.2 Å². The maximum atomic E-state index is 12.0. The van der Waals surface area contributed by atoms with Crippen LogP contribution in [0.15, 0.2) is 53.0 Å². The van der Waals surface area contributed by atoms with Gasteiger partial charge in [-0.25, -0.2) is 0 Å². The number of benzene rings is 2. The largest absolute Gasteiger partial charge is 0.294 e. The van der Waals surface area contributed by atoms with Crippen molar-refractivity contribution in [2.24, 2.45) is 0 Å². The standard InChI is InChI=1S/C15H12BrClO/c16-13-7-4-8-14(17)12(13)9-10-15(18)11-5-2-1-3-6-11/h1-8H,9-10H2. The van der Waals surface area contributed by atoms with Gasteiger partial charge in [-0.15, -0.1) is 0 Å². The molecular formula is C15H12BrClO. The summed E-state index contributed by atoms with van der Waals surface area (Å²) < 4.78 is 0.955. The first-order valence-corrected chi connectivity index (χ1v) is 6.86. The van der Waals surface area contributed by atoms with Gasteiger partial charge in [0.2, 0.25) is 0 Å². The van der Waals surface area contributed by atoms with Crippen LogP contribution in [0, 0.1) is 0 Å². The van der Waals surface area contributed by atoms with Crippen LogP contribution in [0.5, 0.6) is 0 Å². The minimum Gasteiger partial charge on any atom is -0.294 e. The molecule has 0 aliphatic heterocycles. The highest BCUT2D eigenvalue weighted by Crippen LogP contribution is 2.26. The molecule has 0 aliphatic rings. The summed E-state index contributed by atoms with van der Waals surface area (Å²) in [6.45, 7) is 0. The summed E-state index contributed by atoms with van der Waals surface area (Å²) in [6.07, 6.45) is 1.11. The molecule has 2 rings (SSSR count). The Morgan fingerprint density at radius 1 is 1.06 bits per heavy atom. The Labute approximate surface area is 120 Å². The fourth-order valence-electron chi connectivity index (χ4n) is 1.78. The number of Topliss-reactive ketones (excluding diaryl/α,β-unsaturated/α-hetero) is 1. The summed E-state index contributed by atoms with van der Waals surface area (Å²) in [5.74, 6) is 0.141. The number of carbonyl (C=O) groups is 1. The van der Waals surface area contributed by atoms with Gasteiger partial charge in [0.15, 0.2) is 5.78 Å². The number of halogens is 2. The molecule has 18 heavy (non-hydrogen) atoms. The molecule has 3 heteroatoms. The molecule has 92 valence electrons. The predicted octanol–water partition coefficient (Wildman–Crippen LogP) is 4.92. The number of ketones is 1. The molecule has 0 atom stereocenters. The SMILES string of the molecule is O=C(CCc1c(Cl)cccc1Br)c1ccccc1. The minimum absolute atomic E-state index is 0.141. The zero-order chi connectivity index (χ0) is 13.0. The first kappa shape index (κ1) is 13.3. The van der Waals surface area contributed by atoms with Crippen molar-refractivity contribution in [1.82, 2.24) is 0 Å². The van der Waals surface area contributed by atoms with E-state index in [1.807, 2.05) is 48.5 Å². The lowest BCUT2D eigenvalue weighted by atomic mass is 10.0. The fraction of sp³-hybridized carbons (Fsp3) is 0.133. The third-order valence-corrected chi connectivity index (χ3v) is 3.86. The summed E-state index contributed by atoms with van der Waals surface area (Å²) in [7, 11) is 0. The van der Waals surface area contributed by atoms with E-state index in [-0.39, 0.29) is 5.78 Å². The van der Waals surface area contributed by atoms with Crippen LogP contribution in [-0.4, -0.2) is 5.78 Å². The monoisotopic (exact) mass is 322 g/mol. The van der Waals surface area contributed by atoms with E-state index in [9.17, 15) is 4.79 Å². The highest BCUT2D eigenvalue weighted by atomic mass is 79.9. The summed E-state index contributed by atoms with van der Waals surface area (Å²) in [5, 5.41) is 0.699. The first-order valence-electron chi connectivity index (χ1n) is 5.69. The zero-order valence-electron chi connectivity index (χ0n) is 9.70. The molecule has 0 unspecified atom stereocenters. The highest BCUT2D eigenvalue weighted by Gasteiger charge is 2.09. The molecule has 0 amide bonds. The van der Waals surface area contributed by atoms with Crippen LogP contribution in [0.4, 0.5) is 0 Å². The van der Waals surface area contributed by atoms with Gasteiger partial charge < -0.3 is 0 Å².